The Hall–Kier alpha value is -1.46. The fourth-order valence-electron chi connectivity index (χ4n) is 1.85. The van der Waals surface area contributed by atoms with Crippen LogP contribution in [0.2, 0.25) is 0 Å². The molecule has 0 aromatic heterocycles. The van der Waals surface area contributed by atoms with Crippen molar-refractivity contribution in [3.63, 3.8) is 0 Å². The quantitative estimate of drug-likeness (QED) is 0.706. The summed E-state index contributed by atoms with van der Waals surface area (Å²) in [5.74, 6) is -0.279. The van der Waals surface area contributed by atoms with E-state index in [2.05, 4.69) is 10.6 Å². The van der Waals surface area contributed by atoms with Gasteiger partial charge < -0.3 is 10.6 Å². The summed E-state index contributed by atoms with van der Waals surface area (Å²) < 4.78 is 13.4. The van der Waals surface area contributed by atoms with Crippen molar-refractivity contribution >= 4 is 5.91 Å². The van der Waals surface area contributed by atoms with Crippen LogP contribution in [0.5, 0.6) is 0 Å². The van der Waals surface area contributed by atoms with Gasteiger partial charge in [-0.15, -0.1) is 0 Å². The highest BCUT2D eigenvalue weighted by Gasteiger charge is 2.06. The van der Waals surface area contributed by atoms with Gasteiger partial charge in [0.2, 0.25) is 5.91 Å². The molecule has 1 aromatic rings. The van der Waals surface area contributed by atoms with E-state index in [4.69, 9.17) is 0 Å². The van der Waals surface area contributed by atoms with Gasteiger partial charge >= 0.3 is 0 Å². The van der Waals surface area contributed by atoms with Crippen LogP contribution in [0.15, 0.2) is 18.2 Å². The predicted molar refractivity (Wildman–Crippen MR) is 79.0 cm³/mol. The molecule has 0 unspecified atom stereocenters. The van der Waals surface area contributed by atoms with E-state index in [9.17, 15) is 9.18 Å². The SMILES string of the molecule is CNCCCN(C)CC(=O)NCc1ccc(C)c(F)c1. The van der Waals surface area contributed by atoms with E-state index >= 15 is 0 Å². The Balaban J connectivity index is 2.30. The van der Waals surface area contributed by atoms with Gasteiger partial charge in [-0.05, 0) is 57.7 Å². The second-order valence-corrected chi connectivity index (χ2v) is 5.06. The Labute approximate surface area is 120 Å². The summed E-state index contributed by atoms with van der Waals surface area (Å²) in [5, 5.41) is 5.87. The molecule has 4 nitrogen and oxygen atoms in total. The van der Waals surface area contributed by atoms with Crippen molar-refractivity contribution in [3.8, 4) is 0 Å². The minimum atomic E-state index is -0.235. The fraction of sp³-hybridized carbons (Fsp3) is 0.533. The zero-order chi connectivity index (χ0) is 15.0. The maximum Gasteiger partial charge on any atom is 0.234 e. The lowest BCUT2D eigenvalue weighted by molar-refractivity contribution is -0.122. The molecule has 2 N–H and O–H groups in total. The molecular formula is C15H24FN3O. The highest BCUT2D eigenvalue weighted by molar-refractivity contribution is 5.77. The number of hydrogen-bond donors (Lipinski definition) is 2. The van der Waals surface area contributed by atoms with Crippen LogP contribution >= 0.6 is 0 Å². The number of halogens is 1. The van der Waals surface area contributed by atoms with Crippen LogP contribution in [0.25, 0.3) is 0 Å². The molecule has 0 aliphatic heterocycles. The third-order valence-electron chi connectivity index (χ3n) is 3.11. The van der Waals surface area contributed by atoms with Gasteiger partial charge in [-0.25, -0.2) is 4.39 Å². The number of rotatable bonds is 8. The molecule has 1 rings (SSSR count). The van der Waals surface area contributed by atoms with Gasteiger partial charge in [0.25, 0.3) is 0 Å². The van der Waals surface area contributed by atoms with E-state index in [0.29, 0.717) is 18.7 Å². The second-order valence-electron chi connectivity index (χ2n) is 5.06. The van der Waals surface area contributed by atoms with Crippen molar-refractivity contribution in [3.05, 3.63) is 35.1 Å². The number of amides is 1. The average Bonchev–Trinajstić information content (AvgIpc) is 2.40. The zero-order valence-corrected chi connectivity index (χ0v) is 12.5. The lowest BCUT2D eigenvalue weighted by Gasteiger charge is -2.16. The molecule has 0 bridgehead atoms. The Morgan fingerprint density at radius 1 is 1.40 bits per heavy atom. The van der Waals surface area contributed by atoms with Gasteiger partial charge in [0.15, 0.2) is 0 Å². The minimum Gasteiger partial charge on any atom is -0.351 e. The fourth-order valence-corrected chi connectivity index (χ4v) is 1.85. The third kappa shape index (κ3) is 6.12. The Bertz CT molecular complexity index is 437. The van der Waals surface area contributed by atoms with Gasteiger partial charge in [0, 0.05) is 6.54 Å². The summed E-state index contributed by atoms with van der Waals surface area (Å²) >= 11 is 0. The summed E-state index contributed by atoms with van der Waals surface area (Å²) in [5.41, 5.74) is 1.39. The number of nitrogens with zero attached hydrogens (tertiary/aromatic N) is 1. The van der Waals surface area contributed by atoms with E-state index in [0.717, 1.165) is 25.1 Å². The lowest BCUT2D eigenvalue weighted by Crippen LogP contribution is -2.35. The number of aryl methyl sites for hydroxylation is 1. The lowest BCUT2D eigenvalue weighted by atomic mass is 10.1. The molecule has 5 heteroatoms. The highest BCUT2D eigenvalue weighted by atomic mass is 19.1. The molecule has 20 heavy (non-hydrogen) atoms. The van der Waals surface area contributed by atoms with Gasteiger partial charge in [-0.2, -0.15) is 0 Å². The Morgan fingerprint density at radius 2 is 2.15 bits per heavy atom. The number of carbonyl (C=O) groups is 1. The highest BCUT2D eigenvalue weighted by Crippen LogP contribution is 2.08. The number of nitrogens with one attached hydrogen (secondary N) is 2. The van der Waals surface area contributed by atoms with Crippen LogP contribution in [0.3, 0.4) is 0 Å². The number of likely N-dealkylation sites (N-methyl/N-ethyl adjacent to an activating group) is 1. The topological polar surface area (TPSA) is 44.4 Å². The first kappa shape index (κ1) is 16.6. The smallest absolute Gasteiger partial charge is 0.234 e. The van der Waals surface area contributed by atoms with Crippen LogP contribution in [0.1, 0.15) is 17.5 Å². The van der Waals surface area contributed by atoms with E-state index in [1.165, 1.54) is 6.07 Å². The normalized spacial score (nSPS) is 10.8. The van der Waals surface area contributed by atoms with Crippen molar-refractivity contribution in [1.82, 2.24) is 15.5 Å². The van der Waals surface area contributed by atoms with Gasteiger partial charge in [0.1, 0.15) is 5.82 Å². The molecule has 0 saturated heterocycles. The molecule has 0 fully saturated rings. The molecule has 0 saturated carbocycles. The molecule has 1 aromatic carbocycles. The standard InChI is InChI=1S/C15H24FN3O/c1-12-5-6-13(9-14(12)16)10-18-15(20)11-19(3)8-4-7-17-2/h5-6,9,17H,4,7-8,10-11H2,1-3H3,(H,18,20). The molecule has 0 spiro atoms. The molecule has 0 radical (unpaired) electrons. The van der Waals surface area contributed by atoms with Crippen molar-refractivity contribution < 1.29 is 9.18 Å². The number of benzene rings is 1. The second kappa shape index (κ2) is 8.66. The maximum atomic E-state index is 13.4. The summed E-state index contributed by atoms with van der Waals surface area (Å²) in [6.45, 7) is 4.25. The average molecular weight is 281 g/mol. The molecule has 0 aliphatic carbocycles. The molecule has 0 aliphatic rings. The van der Waals surface area contributed by atoms with Gasteiger partial charge in [0.05, 0.1) is 6.54 Å². The Morgan fingerprint density at radius 3 is 2.80 bits per heavy atom. The number of carbonyl (C=O) groups excluding carboxylic acids is 1. The first-order valence-electron chi connectivity index (χ1n) is 6.88. The van der Waals surface area contributed by atoms with E-state index in [1.807, 2.05) is 25.1 Å². The largest absolute Gasteiger partial charge is 0.351 e. The molecule has 0 atom stereocenters. The minimum absolute atomic E-state index is 0.0436. The third-order valence-corrected chi connectivity index (χ3v) is 3.11. The maximum absolute atomic E-state index is 13.4. The first-order valence-corrected chi connectivity index (χ1v) is 6.88. The van der Waals surface area contributed by atoms with Crippen LogP contribution in [0, 0.1) is 12.7 Å². The van der Waals surface area contributed by atoms with E-state index in [-0.39, 0.29) is 11.7 Å². The van der Waals surface area contributed by atoms with Gasteiger partial charge in [-0.3, -0.25) is 9.69 Å². The molecule has 112 valence electrons. The summed E-state index contributed by atoms with van der Waals surface area (Å²) in [7, 11) is 3.83. The van der Waals surface area contributed by atoms with Crippen LogP contribution in [-0.4, -0.2) is 44.5 Å². The van der Waals surface area contributed by atoms with Crippen LogP contribution < -0.4 is 10.6 Å². The van der Waals surface area contributed by atoms with Crippen LogP contribution in [0.4, 0.5) is 4.39 Å². The summed E-state index contributed by atoms with van der Waals surface area (Å²) in [6.07, 6.45) is 1.00. The van der Waals surface area contributed by atoms with Crippen molar-refractivity contribution in [2.24, 2.45) is 0 Å². The summed E-state index contributed by atoms with van der Waals surface area (Å²) in [6, 6.07) is 5.02. The van der Waals surface area contributed by atoms with Crippen molar-refractivity contribution in [2.75, 3.05) is 33.7 Å². The number of hydrogen-bond acceptors (Lipinski definition) is 3. The zero-order valence-electron chi connectivity index (χ0n) is 12.5. The van der Waals surface area contributed by atoms with E-state index < -0.39 is 0 Å². The molecule has 1 amide bonds. The molecule has 0 heterocycles. The summed E-state index contributed by atoms with van der Waals surface area (Å²) in [4.78, 5) is 13.7. The molecular weight excluding hydrogens is 257 g/mol. The monoisotopic (exact) mass is 281 g/mol. The first-order chi connectivity index (χ1) is 9.52. The van der Waals surface area contributed by atoms with Crippen molar-refractivity contribution in [1.29, 1.82) is 0 Å². The van der Waals surface area contributed by atoms with Crippen molar-refractivity contribution in [2.45, 2.75) is 19.9 Å². The van der Waals surface area contributed by atoms with Gasteiger partial charge in [-0.1, -0.05) is 12.1 Å². The van der Waals surface area contributed by atoms with E-state index in [1.54, 1.807) is 13.0 Å². The van der Waals surface area contributed by atoms with Crippen LogP contribution in [-0.2, 0) is 11.3 Å². The predicted octanol–water partition coefficient (Wildman–Crippen LogP) is 1.29. The Kier molecular flexibility index (Phi) is 7.18.